The van der Waals surface area contributed by atoms with Crippen LogP contribution in [0.1, 0.15) is 0 Å². The van der Waals surface area contributed by atoms with Crippen LogP contribution in [0.15, 0.2) is 140 Å². The third-order valence-electron chi connectivity index (χ3n) is 8.45. The highest BCUT2D eigenvalue weighted by molar-refractivity contribution is 6.32. The summed E-state index contributed by atoms with van der Waals surface area (Å²) in [6.45, 7) is 0. The summed E-state index contributed by atoms with van der Waals surface area (Å²) in [7, 11) is 0. The van der Waals surface area contributed by atoms with Crippen LogP contribution in [0.25, 0.3) is 88.0 Å². The molecule has 0 radical (unpaired) electrons. The molecule has 0 aliphatic carbocycles. The first-order valence-electron chi connectivity index (χ1n) is 14.6. The maximum absolute atomic E-state index is 5.37. The van der Waals surface area contributed by atoms with Crippen molar-refractivity contribution in [3.8, 4) is 33.8 Å². The number of aromatic nitrogens is 5. The number of para-hydroxylation sites is 1. The minimum absolute atomic E-state index is 0.881. The zero-order chi connectivity index (χ0) is 29.0. The number of nitrogens with zero attached hydrogens (tertiary/aromatic N) is 5. The Labute approximate surface area is 252 Å². The SMILES string of the molecule is c1cc(-c2ccncc2)nc(-c2ccc(-c3nc4ccccc4c4c5cccnc5c5ncccc5c34)c3ccccc23)c1. The molecule has 0 unspecified atom stereocenters. The molecule has 5 heteroatoms. The maximum Gasteiger partial charge on any atom is 0.0971 e. The highest BCUT2D eigenvalue weighted by Crippen LogP contribution is 2.44. The Hall–Kier alpha value is -6.07. The molecule has 0 atom stereocenters. The number of hydrogen-bond donors (Lipinski definition) is 0. The van der Waals surface area contributed by atoms with Crippen molar-refractivity contribution >= 4 is 54.3 Å². The van der Waals surface area contributed by atoms with Gasteiger partial charge in [0.05, 0.1) is 33.6 Å². The molecule has 5 aromatic heterocycles. The summed E-state index contributed by atoms with van der Waals surface area (Å²) >= 11 is 0. The monoisotopic (exact) mass is 561 g/mol. The van der Waals surface area contributed by atoms with E-state index in [-0.39, 0.29) is 0 Å². The van der Waals surface area contributed by atoms with Crippen molar-refractivity contribution in [3.05, 3.63) is 140 Å². The third-order valence-corrected chi connectivity index (χ3v) is 8.45. The topological polar surface area (TPSA) is 64.5 Å². The Balaban J connectivity index is 1.38. The van der Waals surface area contributed by atoms with Crippen LogP contribution in [0.4, 0.5) is 0 Å². The fraction of sp³-hybridized carbons (Fsp3) is 0. The van der Waals surface area contributed by atoms with E-state index >= 15 is 0 Å². The molecule has 4 aromatic carbocycles. The van der Waals surface area contributed by atoms with Gasteiger partial charge in [0.1, 0.15) is 0 Å². The molecule has 0 amide bonds. The average molecular weight is 562 g/mol. The van der Waals surface area contributed by atoms with Gasteiger partial charge in [0, 0.05) is 68.4 Å². The van der Waals surface area contributed by atoms with Gasteiger partial charge in [0.25, 0.3) is 0 Å². The molecule has 0 aliphatic heterocycles. The number of benzene rings is 4. The van der Waals surface area contributed by atoms with Crippen LogP contribution in [0.3, 0.4) is 0 Å². The van der Waals surface area contributed by atoms with Gasteiger partial charge < -0.3 is 0 Å². The van der Waals surface area contributed by atoms with Crippen molar-refractivity contribution < 1.29 is 0 Å². The molecular weight excluding hydrogens is 538 g/mol. The first kappa shape index (κ1) is 24.5. The van der Waals surface area contributed by atoms with Gasteiger partial charge in [0.2, 0.25) is 0 Å². The lowest BCUT2D eigenvalue weighted by Crippen LogP contribution is -1.96. The van der Waals surface area contributed by atoms with Gasteiger partial charge in [0.15, 0.2) is 0 Å². The van der Waals surface area contributed by atoms with Gasteiger partial charge >= 0.3 is 0 Å². The Bertz CT molecular complexity index is 2560. The molecule has 0 spiro atoms. The van der Waals surface area contributed by atoms with E-state index in [4.69, 9.17) is 19.9 Å². The first-order chi connectivity index (χ1) is 21.8. The molecule has 0 saturated heterocycles. The van der Waals surface area contributed by atoms with E-state index in [9.17, 15) is 0 Å². The van der Waals surface area contributed by atoms with Gasteiger partial charge in [-0.15, -0.1) is 0 Å². The van der Waals surface area contributed by atoms with E-state index in [1.807, 2.05) is 42.7 Å². The summed E-state index contributed by atoms with van der Waals surface area (Å²) in [5.74, 6) is 0. The van der Waals surface area contributed by atoms with E-state index in [0.29, 0.717) is 0 Å². The smallest absolute Gasteiger partial charge is 0.0971 e. The van der Waals surface area contributed by atoms with E-state index in [1.165, 1.54) is 0 Å². The molecule has 0 fully saturated rings. The van der Waals surface area contributed by atoms with Gasteiger partial charge in [-0.3, -0.25) is 15.0 Å². The molecule has 0 saturated carbocycles. The fourth-order valence-corrected chi connectivity index (χ4v) is 6.54. The molecule has 0 aliphatic rings. The van der Waals surface area contributed by atoms with Crippen molar-refractivity contribution in [2.45, 2.75) is 0 Å². The van der Waals surface area contributed by atoms with Crippen molar-refractivity contribution in [2.75, 3.05) is 0 Å². The van der Waals surface area contributed by atoms with E-state index in [1.54, 1.807) is 12.4 Å². The molecule has 0 N–H and O–H groups in total. The van der Waals surface area contributed by atoms with Gasteiger partial charge in [-0.1, -0.05) is 72.8 Å². The van der Waals surface area contributed by atoms with Gasteiger partial charge in [-0.2, -0.15) is 0 Å². The lowest BCUT2D eigenvalue weighted by molar-refractivity contribution is 1.29. The molecule has 44 heavy (non-hydrogen) atoms. The first-order valence-corrected chi connectivity index (χ1v) is 14.6. The second kappa shape index (κ2) is 9.75. The van der Waals surface area contributed by atoms with Crippen LogP contribution in [-0.4, -0.2) is 24.9 Å². The molecule has 0 bridgehead atoms. The lowest BCUT2D eigenvalue weighted by Gasteiger charge is -2.17. The van der Waals surface area contributed by atoms with Gasteiger partial charge in [-0.05, 0) is 53.2 Å². The molecule has 5 heterocycles. The largest absolute Gasteiger partial charge is 0.265 e. The van der Waals surface area contributed by atoms with Crippen molar-refractivity contribution in [3.63, 3.8) is 0 Å². The fourth-order valence-electron chi connectivity index (χ4n) is 6.54. The van der Waals surface area contributed by atoms with E-state index < -0.39 is 0 Å². The average Bonchev–Trinajstić information content (AvgIpc) is 3.11. The molecular formula is C39H23N5. The third kappa shape index (κ3) is 3.69. The summed E-state index contributed by atoms with van der Waals surface area (Å²) in [4.78, 5) is 24.2. The summed E-state index contributed by atoms with van der Waals surface area (Å²) in [6.07, 6.45) is 7.28. The minimum Gasteiger partial charge on any atom is -0.265 e. The summed E-state index contributed by atoms with van der Waals surface area (Å²) in [5, 5.41) is 7.70. The van der Waals surface area contributed by atoms with Crippen molar-refractivity contribution in [2.24, 2.45) is 0 Å². The predicted molar refractivity (Wildman–Crippen MR) is 179 cm³/mol. The highest BCUT2D eigenvalue weighted by Gasteiger charge is 2.20. The molecule has 9 aromatic rings. The molecule has 9 rings (SSSR count). The minimum atomic E-state index is 0.881. The number of hydrogen-bond acceptors (Lipinski definition) is 5. The second-order valence-corrected chi connectivity index (χ2v) is 10.9. The molecule has 5 nitrogen and oxygen atoms in total. The van der Waals surface area contributed by atoms with Crippen LogP contribution in [0.5, 0.6) is 0 Å². The number of pyridine rings is 5. The highest BCUT2D eigenvalue weighted by atomic mass is 14.7. The second-order valence-electron chi connectivity index (χ2n) is 10.9. The summed E-state index contributed by atoms with van der Waals surface area (Å²) in [6, 6.07) is 39.8. The van der Waals surface area contributed by atoms with Crippen molar-refractivity contribution in [1.29, 1.82) is 0 Å². The van der Waals surface area contributed by atoms with Crippen LogP contribution in [0.2, 0.25) is 0 Å². The van der Waals surface area contributed by atoms with Crippen LogP contribution < -0.4 is 0 Å². The lowest BCUT2D eigenvalue weighted by atomic mass is 9.90. The van der Waals surface area contributed by atoms with Crippen LogP contribution in [0, 0.1) is 0 Å². The van der Waals surface area contributed by atoms with Gasteiger partial charge in [-0.25, -0.2) is 9.97 Å². The number of rotatable bonds is 3. The van der Waals surface area contributed by atoms with Crippen LogP contribution >= 0.6 is 0 Å². The Kier molecular flexibility index (Phi) is 5.43. The quantitative estimate of drug-likeness (QED) is 0.201. The standard InChI is InChI=1S/C39H23N5/c1-2-9-26-25(8-1)27(33-15-5-14-32(43-33)24-18-22-40-23-19-24)16-17-28(26)37-36-31-12-7-21-42-39(31)38-30(11-6-20-41-38)35(36)29-10-3-4-13-34(29)44-37/h1-23H. The maximum atomic E-state index is 5.37. The van der Waals surface area contributed by atoms with E-state index in [2.05, 4.69) is 89.9 Å². The summed E-state index contributed by atoms with van der Waals surface area (Å²) in [5.41, 5.74) is 8.68. The zero-order valence-corrected chi connectivity index (χ0v) is 23.5. The summed E-state index contributed by atoms with van der Waals surface area (Å²) < 4.78 is 0. The zero-order valence-electron chi connectivity index (χ0n) is 23.5. The Morgan fingerprint density at radius 3 is 1.77 bits per heavy atom. The Morgan fingerprint density at radius 2 is 1.00 bits per heavy atom. The Morgan fingerprint density at radius 1 is 0.386 bits per heavy atom. The number of fused-ring (bicyclic) bond motifs is 9. The predicted octanol–water partition coefficient (Wildman–Crippen LogP) is 9.43. The van der Waals surface area contributed by atoms with Crippen LogP contribution in [-0.2, 0) is 0 Å². The van der Waals surface area contributed by atoms with Crippen molar-refractivity contribution in [1.82, 2.24) is 24.9 Å². The normalized spacial score (nSPS) is 11.6. The van der Waals surface area contributed by atoms with E-state index in [0.717, 1.165) is 88.0 Å². The molecule has 204 valence electrons.